The topological polar surface area (TPSA) is 131 Å². The highest BCUT2D eigenvalue weighted by atomic mass is 32.3. The Morgan fingerprint density at radius 1 is 1.26 bits per heavy atom. The average molecular weight is 311 g/mol. The van der Waals surface area contributed by atoms with Gasteiger partial charge in [-0.1, -0.05) is 13.3 Å². The minimum atomic E-state index is -4.79. The van der Waals surface area contributed by atoms with E-state index in [2.05, 4.69) is 9.17 Å². The molecule has 108 valence electrons. The van der Waals surface area contributed by atoms with Crippen molar-refractivity contribution in [3.05, 3.63) is 17.8 Å². The molecule has 0 atom stereocenters. The van der Waals surface area contributed by atoms with Crippen LogP contribution in [0.25, 0.3) is 0 Å². The first-order valence-electron chi connectivity index (χ1n) is 5.27. The Labute approximate surface area is 111 Å². The molecule has 0 aromatic carbocycles. The predicted molar refractivity (Wildman–Crippen MR) is 64.8 cm³/mol. The van der Waals surface area contributed by atoms with E-state index in [4.69, 9.17) is 9.11 Å². The largest absolute Gasteiger partial charge is 0.446 e. The first-order valence-corrected chi connectivity index (χ1v) is 8.08. The van der Waals surface area contributed by atoms with Crippen LogP contribution in [0.5, 0.6) is 5.75 Å². The molecular formula is C9H13NO7S2. The lowest BCUT2D eigenvalue weighted by Gasteiger charge is -2.10. The predicted octanol–water partition coefficient (Wildman–Crippen LogP) is 0.853. The highest BCUT2D eigenvalue weighted by Gasteiger charge is 2.22. The lowest BCUT2D eigenvalue weighted by molar-refractivity contribution is 0.383. The van der Waals surface area contributed by atoms with E-state index >= 15 is 0 Å². The van der Waals surface area contributed by atoms with Gasteiger partial charge >= 0.3 is 20.5 Å². The number of hydrogen-bond acceptors (Lipinski definition) is 6. The summed E-state index contributed by atoms with van der Waals surface area (Å²) in [4.78, 5) is 3.50. The number of hydrogen-bond donors (Lipinski definition) is 2. The molecule has 1 aromatic rings. The van der Waals surface area contributed by atoms with Gasteiger partial charge in [0.05, 0.1) is 0 Å². The van der Waals surface area contributed by atoms with Crippen molar-refractivity contribution in [1.82, 2.24) is 4.98 Å². The highest BCUT2D eigenvalue weighted by Crippen LogP contribution is 2.26. The molecule has 0 aliphatic heterocycles. The van der Waals surface area contributed by atoms with Crippen molar-refractivity contribution in [2.24, 2.45) is 0 Å². The summed E-state index contributed by atoms with van der Waals surface area (Å²) in [7, 11) is -9.40. The molecule has 8 nitrogen and oxygen atoms in total. The molecule has 0 aliphatic carbocycles. The van der Waals surface area contributed by atoms with Crippen molar-refractivity contribution in [3.63, 3.8) is 0 Å². The zero-order valence-corrected chi connectivity index (χ0v) is 11.6. The first kappa shape index (κ1) is 15.8. The number of unbranched alkanes of at least 4 members (excludes halogenated alkanes) is 1. The molecule has 10 heteroatoms. The summed E-state index contributed by atoms with van der Waals surface area (Å²) in [5.74, 6) is -0.376. The molecule has 0 spiro atoms. The summed E-state index contributed by atoms with van der Waals surface area (Å²) in [6, 6.07) is 1.09. The molecule has 0 unspecified atom stereocenters. The van der Waals surface area contributed by atoms with E-state index in [1.54, 1.807) is 0 Å². The van der Waals surface area contributed by atoms with Gasteiger partial charge in [0.2, 0.25) is 0 Å². The van der Waals surface area contributed by atoms with Crippen LogP contribution in [0.15, 0.2) is 17.3 Å². The molecule has 2 N–H and O–H groups in total. The fourth-order valence-corrected chi connectivity index (χ4v) is 2.55. The summed E-state index contributed by atoms with van der Waals surface area (Å²) in [6.07, 6.45) is 2.31. The van der Waals surface area contributed by atoms with Gasteiger partial charge in [0.1, 0.15) is 0 Å². The van der Waals surface area contributed by atoms with Gasteiger partial charge in [-0.2, -0.15) is 16.8 Å². The van der Waals surface area contributed by atoms with Gasteiger partial charge in [-0.15, -0.1) is 0 Å². The maximum atomic E-state index is 11.2. The van der Waals surface area contributed by atoms with Gasteiger partial charge in [0, 0.05) is 17.8 Å². The van der Waals surface area contributed by atoms with Crippen LogP contribution in [0.3, 0.4) is 0 Å². The molecule has 0 radical (unpaired) electrons. The summed E-state index contributed by atoms with van der Waals surface area (Å²) in [6.45, 7) is 1.84. The zero-order chi connectivity index (χ0) is 14.7. The van der Waals surface area contributed by atoms with Gasteiger partial charge in [0.25, 0.3) is 0 Å². The Kier molecular flexibility index (Phi) is 4.85. The number of rotatable bonds is 6. The molecular weight excluding hydrogens is 298 g/mol. The second-order valence-electron chi connectivity index (χ2n) is 3.68. The third-order valence-electron chi connectivity index (χ3n) is 2.19. The van der Waals surface area contributed by atoms with Crippen molar-refractivity contribution in [2.45, 2.75) is 31.2 Å². The summed E-state index contributed by atoms with van der Waals surface area (Å²) in [5, 5.41) is -0.679. The van der Waals surface area contributed by atoms with Crippen LogP contribution in [0.2, 0.25) is 0 Å². The SMILES string of the molecule is CCCCc1c(OS(=O)(=O)O)ccnc1S(=O)(=O)O. The van der Waals surface area contributed by atoms with Crippen LogP contribution in [0.4, 0.5) is 0 Å². The van der Waals surface area contributed by atoms with Crippen LogP contribution >= 0.6 is 0 Å². The van der Waals surface area contributed by atoms with E-state index in [1.165, 1.54) is 0 Å². The lowest BCUT2D eigenvalue weighted by atomic mass is 10.1. The minimum Gasteiger partial charge on any atom is -0.361 e. The molecule has 0 saturated carbocycles. The molecule has 1 heterocycles. The fraction of sp³-hybridized carbons (Fsp3) is 0.444. The van der Waals surface area contributed by atoms with E-state index in [0.717, 1.165) is 12.3 Å². The minimum absolute atomic E-state index is 0.0931. The van der Waals surface area contributed by atoms with Crippen LogP contribution < -0.4 is 4.18 Å². The normalized spacial score (nSPS) is 12.4. The smallest absolute Gasteiger partial charge is 0.361 e. The third kappa shape index (κ3) is 4.74. The highest BCUT2D eigenvalue weighted by molar-refractivity contribution is 7.85. The molecule has 1 aromatic heterocycles. The Bertz CT molecular complexity index is 651. The van der Waals surface area contributed by atoms with E-state index in [-0.39, 0.29) is 17.7 Å². The third-order valence-corrected chi connectivity index (χ3v) is 3.42. The van der Waals surface area contributed by atoms with E-state index in [9.17, 15) is 16.8 Å². The number of aromatic nitrogens is 1. The van der Waals surface area contributed by atoms with Gasteiger partial charge in [0.15, 0.2) is 10.8 Å². The standard InChI is InChI=1S/C9H13NO7S2/c1-2-3-4-7-8(17-19(14,15)16)5-6-10-9(7)18(11,12)13/h5-6H,2-4H2,1H3,(H,11,12,13)(H,14,15,16). The van der Waals surface area contributed by atoms with Crippen molar-refractivity contribution in [2.75, 3.05) is 0 Å². The van der Waals surface area contributed by atoms with Gasteiger partial charge < -0.3 is 4.18 Å². The molecule has 19 heavy (non-hydrogen) atoms. The van der Waals surface area contributed by atoms with E-state index in [0.29, 0.717) is 12.8 Å². The number of nitrogens with zero attached hydrogens (tertiary/aromatic N) is 1. The Morgan fingerprint density at radius 2 is 1.89 bits per heavy atom. The molecule has 0 bridgehead atoms. The van der Waals surface area contributed by atoms with Gasteiger partial charge in [-0.05, 0) is 12.8 Å². The average Bonchev–Trinajstić information content (AvgIpc) is 2.23. The second-order valence-corrected chi connectivity index (χ2v) is 6.04. The van der Waals surface area contributed by atoms with Crippen molar-refractivity contribution in [1.29, 1.82) is 0 Å². The van der Waals surface area contributed by atoms with Crippen LogP contribution in [-0.4, -0.2) is 30.9 Å². The Morgan fingerprint density at radius 3 is 2.37 bits per heavy atom. The summed E-state index contributed by atoms with van der Waals surface area (Å²) < 4.78 is 65.6. The maximum Gasteiger partial charge on any atom is 0.446 e. The Hall–Kier alpha value is -1.23. The van der Waals surface area contributed by atoms with Crippen LogP contribution in [0.1, 0.15) is 25.3 Å². The van der Waals surface area contributed by atoms with Gasteiger partial charge in [-0.25, -0.2) is 4.98 Å². The van der Waals surface area contributed by atoms with Crippen LogP contribution in [0, 0.1) is 0 Å². The van der Waals surface area contributed by atoms with E-state index in [1.807, 2.05) is 6.92 Å². The second kappa shape index (κ2) is 5.82. The molecule has 0 fully saturated rings. The summed E-state index contributed by atoms with van der Waals surface area (Å²) in [5.41, 5.74) is -0.0931. The first-order chi connectivity index (χ1) is 8.65. The lowest BCUT2D eigenvalue weighted by Crippen LogP contribution is -2.12. The summed E-state index contributed by atoms with van der Waals surface area (Å²) >= 11 is 0. The molecule has 0 aliphatic rings. The Balaban J connectivity index is 3.38. The van der Waals surface area contributed by atoms with E-state index < -0.39 is 25.5 Å². The molecule has 1 rings (SSSR count). The van der Waals surface area contributed by atoms with Crippen molar-refractivity contribution >= 4 is 20.5 Å². The van der Waals surface area contributed by atoms with Crippen molar-refractivity contribution in [3.8, 4) is 5.75 Å². The monoisotopic (exact) mass is 311 g/mol. The molecule has 0 saturated heterocycles. The quantitative estimate of drug-likeness (QED) is 0.739. The molecule has 0 amide bonds. The van der Waals surface area contributed by atoms with Gasteiger partial charge in [-0.3, -0.25) is 9.11 Å². The zero-order valence-electron chi connectivity index (χ0n) is 9.98. The maximum absolute atomic E-state index is 11.2. The fourth-order valence-electron chi connectivity index (χ4n) is 1.45. The number of pyridine rings is 1. The van der Waals surface area contributed by atoms with Crippen LogP contribution in [-0.2, 0) is 26.9 Å². The van der Waals surface area contributed by atoms with Crippen molar-refractivity contribution < 1.29 is 30.1 Å².